The van der Waals surface area contributed by atoms with Crippen molar-refractivity contribution in [1.82, 2.24) is 9.97 Å². The Labute approximate surface area is 164 Å². The SMILES string of the molecule is C.COc1ccc2cc(Cc3cncc4cc(OC)c(OC)cc34)cnc2c1. The number of benzene rings is 2. The zero-order valence-electron chi connectivity index (χ0n) is 15.5. The maximum absolute atomic E-state index is 5.46. The Bertz CT molecular complexity index is 1130. The number of nitrogens with zero attached hydrogens (tertiary/aromatic N) is 2. The highest BCUT2D eigenvalue weighted by Gasteiger charge is 2.10. The predicted octanol–water partition coefficient (Wildman–Crippen LogP) is 5.04. The molecular formula is C23H24N2O3. The van der Waals surface area contributed by atoms with Crippen molar-refractivity contribution in [3.8, 4) is 17.2 Å². The van der Waals surface area contributed by atoms with Crippen LogP contribution in [0.5, 0.6) is 17.2 Å². The van der Waals surface area contributed by atoms with Gasteiger partial charge in [-0.2, -0.15) is 0 Å². The van der Waals surface area contributed by atoms with E-state index < -0.39 is 0 Å². The van der Waals surface area contributed by atoms with Gasteiger partial charge in [0.15, 0.2) is 11.5 Å². The molecule has 0 N–H and O–H groups in total. The lowest BCUT2D eigenvalue weighted by atomic mass is 10.0. The summed E-state index contributed by atoms with van der Waals surface area (Å²) in [6.45, 7) is 0. The van der Waals surface area contributed by atoms with Crippen LogP contribution in [0.2, 0.25) is 0 Å². The van der Waals surface area contributed by atoms with Crippen molar-refractivity contribution < 1.29 is 14.2 Å². The van der Waals surface area contributed by atoms with Crippen LogP contribution in [0, 0.1) is 0 Å². The molecule has 0 saturated carbocycles. The van der Waals surface area contributed by atoms with Gasteiger partial charge in [0.25, 0.3) is 0 Å². The molecule has 4 aromatic rings. The number of methoxy groups -OCH3 is 3. The van der Waals surface area contributed by atoms with Crippen LogP contribution < -0.4 is 14.2 Å². The van der Waals surface area contributed by atoms with Gasteiger partial charge >= 0.3 is 0 Å². The summed E-state index contributed by atoms with van der Waals surface area (Å²) in [6, 6.07) is 12.0. The molecule has 2 aromatic carbocycles. The molecule has 0 unspecified atom stereocenters. The van der Waals surface area contributed by atoms with Crippen molar-refractivity contribution in [1.29, 1.82) is 0 Å². The molecule has 0 fully saturated rings. The monoisotopic (exact) mass is 376 g/mol. The van der Waals surface area contributed by atoms with Crippen LogP contribution in [0.25, 0.3) is 21.7 Å². The first-order chi connectivity index (χ1) is 13.2. The summed E-state index contributed by atoms with van der Waals surface area (Å²) in [4.78, 5) is 8.97. The number of aromatic nitrogens is 2. The van der Waals surface area contributed by atoms with Crippen LogP contribution in [-0.4, -0.2) is 31.3 Å². The summed E-state index contributed by atoms with van der Waals surface area (Å²) < 4.78 is 16.1. The van der Waals surface area contributed by atoms with Gasteiger partial charge in [-0.25, -0.2) is 0 Å². The fourth-order valence-corrected chi connectivity index (χ4v) is 3.29. The molecule has 0 aliphatic heterocycles. The molecule has 0 bridgehead atoms. The second-order valence-corrected chi connectivity index (χ2v) is 6.31. The highest BCUT2D eigenvalue weighted by Crippen LogP contribution is 2.34. The third-order valence-corrected chi connectivity index (χ3v) is 4.69. The van der Waals surface area contributed by atoms with Crippen LogP contribution in [0.3, 0.4) is 0 Å². The number of rotatable bonds is 5. The summed E-state index contributed by atoms with van der Waals surface area (Å²) in [6.07, 6.45) is 6.37. The minimum atomic E-state index is 0. The minimum absolute atomic E-state index is 0. The molecule has 2 aromatic heterocycles. The first-order valence-corrected chi connectivity index (χ1v) is 8.63. The van der Waals surface area contributed by atoms with E-state index in [0.717, 1.165) is 45.0 Å². The predicted molar refractivity (Wildman–Crippen MR) is 113 cm³/mol. The lowest BCUT2D eigenvalue weighted by Gasteiger charge is -2.12. The molecule has 0 amide bonds. The van der Waals surface area contributed by atoms with Gasteiger partial charge in [0.1, 0.15) is 5.75 Å². The Kier molecular flexibility index (Phi) is 5.64. The van der Waals surface area contributed by atoms with Crippen LogP contribution in [0.4, 0.5) is 0 Å². The zero-order chi connectivity index (χ0) is 18.8. The molecule has 28 heavy (non-hydrogen) atoms. The van der Waals surface area contributed by atoms with E-state index in [0.29, 0.717) is 11.5 Å². The fraction of sp³-hybridized carbons (Fsp3) is 0.217. The van der Waals surface area contributed by atoms with Crippen molar-refractivity contribution in [3.63, 3.8) is 0 Å². The van der Waals surface area contributed by atoms with E-state index in [2.05, 4.69) is 16.0 Å². The molecule has 0 atom stereocenters. The molecule has 0 aliphatic rings. The van der Waals surface area contributed by atoms with E-state index in [1.54, 1.807) is 21.3 Å². The van der Waals surface area contributed by atoms with Crippen molar-refractivity contribution in [3.05, 3.63) is 66.1 Å². The minimum Gasteiger partial charge on any atom is -0.497 e. The van der Waals surface area contributed by atoms with E-state index in [9.17, 15) is 0 Å². The second-order valence-electron chi connectivity index (χ2n) is 6.31. The van der Waals surface area contributed by atoms with Crippen LogP contribution >= 0.6 is 0 Å². The smallest absolute Gasteiger partial charge is 0.161 e. The fourth-order valence-electron chi connectivity index (χ4n) is 3.29. The Balaban J connectivity index is 0.00000225. The topological polar surface area (TPSA) is 53.5 Å². The summed E-state index contributed by atoms with van der Waals surface area (Å²) in [7, 11) is 4.94. The van der Waals surface area contributed by atoms with Gasteiger partial charge in [-0.1, -0.05) is 7.43 Å². The Hall–Kier alpha value is -3.34. The van der Waals surface area contributed by atoms with Gasteiger partial charge in [0, 0.05) is 41.9 Å². The third kappa shape index (κ3) is 3.56. The van der Waals surface area contributed by atoms with E-state index >= 15 is 0 Å². The number of fused-ring (bicyclic) bond motifs is 2. The largest absolute Gasteiger partial charge is 0.497 e. The normalized spacial score (nSPS) is 10.5. The van der Waals surface area contributed by atoms with Gasteiger partial charge in [-0.15, -0.1) is 0 Å². The summed E-state index contributed by atoms with van der Waals surface area (Å²) in [5.41, 5.74) is 3.15. The van der Waals surface area contributed by atoms with Crippen molar-refractivity contribution in [2.24, 2.45) is 0 Å². The maximum atomic E-state index is 5.46. The Morgan fingerprint density at radius 1 is 0.786 bits per heavy atom. The number of pyridine rings is 2. The molecule has 2 heterocycles. The van der Waals surface area contributed by atoms with Gasteiger partial charge in [-0.3, -0.25) is 9.97 Å². The van der Waals surface area contributed by atoms with Crippen LogP contribution in [0.15, 0.2) is 55.0 Å². The maximum Gasteiger partial charge on any atom is 0.161 e. The first-order valence-electron chi connectivity index (χ1n) is 8.63. The van der Waals surface area contributed by atoms with E-state index in [1.165, 1.54) is 0 Å². The summed E-state index contributed by atoms with van der Waals surface area (Å²) in [5, 5.41) is 3.20. The number of hydrogen-bond acceptors (Lipinski definition) is 5. The van der Waals surface area contributed by atoms with Crippen molar-refractivity contribution >= 4 is 21.7 Å². The Morgan fingerprint density at radius 2 is 1.57 bits per heavy atom. The molecule has 5 heteroatoms. The van der Waals surface area contributed by atoms with E-state index in [1.807, 2.05) is 48.9 Å². The molecule has 0 radical (unpaired) electrons. The van der Waals surface area contributed by atoms with Gasteiger partial charge in [-0.05, 0) is 46.8 Å². The van der Waals surface area contributed by atoms with Gasteiger partial charge < -0.3 is 14.2 Å². The van der Waals surface area contributed by atoms with Crippen molar-refractivity contribution in [2.75, 3.05) is 21.3 Å². The van der Waals surface area contributed by atoms with Crippen LogP contribution in [0.1, 0.15) is 18.6 Å². The van der Waals surface area contributed by atoms with Gasteiger partial charge in [0.2, 0.25) is 0 Å². The highest BCUT2D eigenvalue weighted by atomic mass is 16.5. The van der Waals surface area contributed by atoms with Crippen molar-refractivity contribution in [2.45, 2.75) is 13.8 Å². The quantitative estimate of drug-likeness (QED) is 0.489. The zero-order valence-corrected chi connectivity index (χ0v) is 15.5. The molecule has 0 saturated heterocycles. The third-order valence-electron chi connectivity index (χ3n) is 4.69. The van der Waals surface area contributed by atoms with Gasteiger partial charge in [0.05, 0.1) is 26.8 Å². The molecule has 4 rings (SSSR count). The standard InChI is InChI=1S/C22H20N2O3.CH4/c1-25-18-5-4-15-6-14(11-24-20(15)9-18)7-16-12-23-13-17-8-21(26-2)22(27-3)10-19(16)17;/h4-6,8-13H,7H2,1-3H3;1H4. The number of ether oxygens (including phenoxy) is 3. The average molecular weight is 376 g/mol. The average Bonchev–Trinajstić information content (AvgIpc) is 2.72. The molecule has 0 spiro atoms. The molecule has 0 aliphatic carbocycles. The number of hydrogen-bond donors (Lipinski definition) is 0. The molecule has 5 nitrogen and oxygen atoms in total. The van der Waals surface area contributed by atoms with E-state index in [4.69, 9.17) is 14.2 Å². The highest BCUT2D eigenvalue weighted by molar-refractivity contribution is 5.88. The first kappa shape index (κ1) is 19.4. The summed E-state index contributed by atoms with van der Waals surface area (Å²) >= 11 is 0. The molecule has 144 valence electrons. The molecular weight excluding hydrogens is 352 g/mol. The van der Waals surface area contributed by atoms with Crippen LogP contribution in [-0.2, 0) is 6.42 Å². The Morgan fingerprint density at radius 3 is 2.32 bits per heavy atom. The second kappa shape index (κ2) is 8.13. The van der Waals surface area contributed by atoms with E-state index in [-0.39, 0.29) is 7.43 Å². The lowest BCUT2D eigenvalue weighted by molar-refractivity contribution is 0.356. The lowest BCUT2D eigenvalue weighted by Crippen LogP contribution is -1.96. The summed E-state index contributed by atoms with van der Waals surface area (Å²) in [5.74, 6) is 2.22.